The van der Waals surface area contributed by atoms with Crippen molar-refractivity contribution in [2.24, 2.45) is 0 Å². The molecule has 0 fully saturated rings. The average molecular weight is 263 g/mol. The Bertz CT molecular complexity index is 595. The van der Waals surface area contributed by atoms with Gasteiger partial charge in [0.25, 0.3) is 5.69 Å². The van der Waals surface area contributed by atoms with Gasteiger partial charge >= 0.3 is 0 Å². The number of anilines is 1. The number of hydrogen-bond acceptors (Lipinski definition) is 3. The van der Waals surface area contributed by atoms with Gasteiger partial charge in [-0.25, -0.2) is 4.39 Å². The summed E-state index contributed by atoms with van der Waals surface area (Å²) in [5, 5.41) is 13.7. The molecule has 100 valence electrons. The van der Waals surface area contributed by atoms with E-state index in [4.69, 9.17) is 0 Å². The highest BCUT2D eigenvalue weighted by atomic mass is 19.1. The molecule has 2 rings (SSSR count). The number of nitrogens with one attached hydrogen (secondary N) is 1. The summed E-state index contributed by atoms with van der Waals surface area (Å²) in [4.78, 5) is 10.3. The van der Waals surface area contributed by atoms with Crippen LogP contribution in [0.2, 0.25) is 0 Å². The Labute approximate surface area is 109 Å². The second-order valence-corrected chi connectivity index (χ2v) is 4.03. The number of nitrogens with zero attached hydrogens (tertiary/aromatic N) is 2. The van der Waals surface area contributed by atoms with Crippen LogP contribution in [0, 0.1) is 15.9 Å². The maximum absolute atomic E-state index is 13.6. The van der Waals surface area contributed by atoms with E-state index in [0.717, 1.165) is 12.2 Å². The van der Waals surface area contributed by atoms with Gasteiger partial charge in [0.05, 0.1) is 11.5 Å². The van der Waals surface area contributed by atoms with Crippen LogP contribution in [0.3, 0.4) is 0 Å². The van der Waals surface area contributed by atoms with Crippen molar-refractivity contribution in [3.8, 4) is 0 Å². The zero-order valence-corrected chi connectivity index (χ0v) is 10.5. The first kappa shape index (κ1) is 13.1. The van der Waals surface area contributed by atoms with Crippen LogP contribution in [0.4, 0.5) is 15.8 Å². The maximum Gasteiger partial charge on any atom is 0.295 e. The van der Waals surface area contributed by atoms with E-state index in [-0.39, 0.29) is 11.4 Å². The molecule has 0 bridgehead atoms. The fourth-order valence-corrected chi connectivity index (χ4v) is 1.94. The molecule has 0 aliphatic heterocycles. The van der Waals surface area contributed by atoms with E-state index < -0.39 is 10.7 Å². The molecule has 0 atom stereocenters. The van der Waals surface area contributed by atoms with Gasteiger partial charge in [-0.2, -0.15) is 0 Å². The number of halogens is 1. The zero-order chi connectivity index (χ0) is 13.8. The van der Waals surface area contributed by atoms with Crippen molar-refractivity contribution in [3.05, 3.63) is 58.2 Å². The third-order valence-corrected chi connectivity index (χ3v) is 2.90. The minimum absolute atomic E-state index is 0.0728. The van der Waals surface area contributed by atoms with E-state index in [1.807, 2.05) is 29.8 Å². The molecule has 0 radical (unpaired) electrons. The minimum Gasteiger partial charge on any atom is -0.372 e. The maximum atomic E-state index is 13.6. The SMILES string of the molecule is CCn1cccc1CNc1c(F)cccc1[N+](=O)[O-]. The fourth-order valence-electron chi connectivity index (χ4n) is 1.94. The number of benzene rings is 1. The number of rotatable bonds is 5. The number of aryl methyl sites for hydroxylation is 1. The predicted molar refractivity (Wildman–Crippen MR) is 70.5 cm³/mol. The Balaban J connectivity index is 2.22. The topological polar surface area (TPSA) is 60.1 Å². The van der Waals surface area contributed by atoms with Crippen LogP contribution in [-0.2, 0) is 13.1 Å². The van der Waals surface area contributed by atoms with Gasteiger partial charge in [0.1, 0.15) is 5.69 Å². The van der Waals surface area contributed by atoms with E-state index in [1.165, 1.54) is 18.2 Å². The van der Waals surface area contributed by atoms with Gasteiger partial charge in [-0.1, -0.05) is 6.07 Å². The molecule has 1 aromatic heterocycles. The number of hydrogen-bond donors (Lipinski definition) is 1. The average Bonchev–Trinajstić information content (AvgIpc) is 2.84. The van der Waals surface area contributed by atoms with Crippen LogP contribution in [0.25, 0.3) is 0 Å². The van der Waals surface area contributed by atoms with Gasteiger partial charge in [0.15, 0.2) is 5.82 Å². The number of aromatic nitrogens is 1. The molecule has 0 spiro atoms. The summed E-state index contributed by atoms with van der Waals surface area (Å²) >= 11 is 0. The van der Waals surface area contributed by atoms with E-state index in [2.05, 4.69) is 5.32 Å². The van der Waals surface area contributed by atoms with Gasteiger partial charge in [-0.05, 0) is 25.1 Å². The molecule has 2 aromatic rings. The Morgan fingerprint density at radius 1 is 1.37 bits per heavy atom. The monoisotopic (exact) mass is 263 g/mol. The molecule has 0 saturated heterocycles. The molecule has 1 heterocycles. The van der Waals surface area contributed by atoms with Crippen molar-refractivity contribution in [1.29, 1.82) is 0 Å². The Morgan fingerprint density at radius 2 is 2.16 bits per heavy atom. The van der Waals surface area contributed by atoms with Crippen molar-refractivity contribution in [1.82, 2.24) is 4.57 Å². The molecule has 0 saturated carbocycles. The van der Waals surface area contributed by atoms with E-state index in [0.29, 0.717) is 6.54 Å². The van der Waals surface area contributed by atoms with Crippen molar-refractivity contribution < 1.29 is 9.31 Å². The lowest BCUT2D eigenvalue weighted by Crippen LogP contribution is -2.08. The Morgan fingerprint density at radius 3 is 2.84 bits per heavy atom. The van der Waals surface area contributed by atoms with Gasteiger partial charge in [0.2, 0.25) is 0 Å². The first-order valence-electron chi connectivity index (χ1n) is 5.94. The molecule has 0 aliphatic rings. The first-order valence-corrected chi connectivity index (χ1v) is 5.94. The molecular formula is C13H14FN3O2. The van der Waals surface area contributed by atoms with E-state index in [9.17, 15) is 14.5 Å². The highest BCUT2D eigenvalue weighted by molar-refractivity contribution is 5.62. The molecule has 5 nitrogen and oxygen atoms in total. The largest absolute Gasteiger partial charge is 0.372 e. The summed E-state index contributed by atoms with van der Waals surface area (Å²) in [7, 11) is 0. The normalized spacial score (nSPS) is 10.4. The third kappa shape index (κ3) is 2.73. The predicted octanol–water partition coefficient (Wildman–Crippen LogP) is 3.17. The van der Waals surface area contributed by atoms with Crippen molar-refractivity contribution >= 4 is 11.4 Å². The van der Waals surface area contributed by atoms with Crippen LogP contribution >= 0.6 is 0 Å². The van der Waals surface area contributed by atoms with Gasteiger partial charge < -0.3 is 9.88 Å². The summed E-state index contributed by atoms with van der Waals surface area (Å²) < 4.78 is 15.6. The molecule has 1 aromatic carbocycles. The molecule has 6 heteroatoms. The minimum atomic E-state index is -0.621. The lowest BCUT2D eigenvalue weighted by molar-refractivity contribution is -0.384. The van der Waals surface area contributed by atoms with Gasteiger partial charge in [-0.3, -0.25) is 10.1 Å². The molecule has 19 heavy (non-hydrogen) atoms. The van der Waals surface area contributed by atoms with Crippen molar-refractivity contribution in [2.45, 2.75) is 20.0 Å². The standard InChI is InChI=1S/C13H14FN3O2/c1-2-16-8-4-5-10(16)9-15-13-11(14)6-3-7-12(13)17(18)19/h3-8,15H,2,9H2,1H3. The van der Waals surface area contributed by atoms with Crippen LogP contribution < -0.4 is 5.32 Å². The molecular weight excluding hydrogens is 249 g/mol. The Hall–Kier alpha value is -2.37. The lowest BCUT2D eigenvalue weighted by atomic mass is 10.2. The smallest absolute Gasteiger partial charge is 0.295 e. The van der Waals surface area contributed by atoms with Crippen LogP contribution in [-0.4, -0.2) is 9.49 Å². The quantitative estimate of drug-likeness (QED) is 0.665. The molecule has 0 unspecified atom stereocenters. The Kier molecular flexibility index (Phi) is 3.79. The second-order valence-electron chi connectivity index (χ2n) is 4.03. The summed E-state index contributed by atoms with van der Waals surface area (Å²) in [5.74, 6) is -0.621. The van der Waals surface area contributed by atoms with Crippen LogP contribution in [0.5, 0.6) is 0 Å². The van der Waals surface area contributed by atoms with Gasteiger partial charge in [-0.15, -0.1) is 0 Å². The second kappa shape index (κ2) is 5.51. The summed E-state index contributed by atoms with van der Waals surface area (Å²) in [6.45, 7) is 3.13. The van der Waals surface area contributed by atoms with E-state index in [1.54, 1.807) is 0 Å². The van der Waals surface area contributed by atoms with Crippen LogP contribution in [0.15, 0.2) is 36.5 Å². The number of nitro groups is 1. The lowest BCUT2D eigenvalue weighted by Gasteiger charge is -2.10. The highest BCUT2D eigenvalue weighted by Gasteiger charge is 2.17. The van der Waals surface area contributed by atoms with E-state index >= 15 is 0 Å². The molecule has 0 amide bonds. The van der Waals surface area contributed by atoms with Gasteiger partial charge in [0, 0.05) is 24.5 Å². The third-order valence-electron chi connectivity index (χ3n) is 2.90. The highest BCUT2D eigenvalue weighted by Crippen LogP contribution is 2.27. The van der Waals surface area contributed by atoms with Crippen molar-refractivity contribution in [2.75, 3.05) is 5.32 Å². The van der Waals surface area contributed by atoms with Crippen molar-refractivity contribution in [3.63, 3.8) is 0 Å². The summed E-state index contributed by atoms with van der Waals surface area (Å²) in [5.41, 5.74) is 0.617. The number of nitro benzene ring substituents is 1. The zero-order valence-electron chi connectivity index (χ0n) is 10.5. The fraction of sp³-hybridized carbons (Fsp3) is 0.231. The van der Waals surface area contributed by atoms with Crippen LogP contribution in [0.1, 0.15) is 12.6 Å². The summed E-state index contributed by atoms with van der Waals surface area (Å²) in [6.07, 6.45) is 1.91. The first-order chi connectivity index (χ1) is 9.13. The summed E-state index contributed by atoms with van der Waals surface area (Å²) in [6, 6.07) is 7.59. The number of para-hydroxylation sites is 1. The molecule has 0 aliphatic carbocycles. The molecule has 1 N–H and O–H groups in total.